The van der Waals surface area contributed by atoms with Crippen molar-refractivity contribution in [2.75, 3.05) is 7.05 Å². The summed E-state index contributed by atoms with van der Waals surface area (Å²) in [6, 6.07) is 0. The summed E-state index contributed by atoms with van der Waals surface area (Å²) in [5, 5.41) is 4.29. The van der Waals surface area contributed by atoms with Crippen LogP contribution < -0.4 is 0 Å². The van der Waals surface area contributed by atoms with E-state index in [2.05, 4.69) is 5.10 Å². The van der Waals surface area contributed by atoms with Crippen molar-refractivity contribution in [2.45, 2.75) is 45.8 Å². The number of hydrogen-bond donors (Lipinski definition) is 0. The number of rotatable bonds is 3. The molecule has 1 heterocycles. The number of carbonyl (C=O) groups is 2. The Hall–Kier alpha value is -1.85. The normalized spacial score (nSPS) is 14.6. The first-order chi connectivity index (χ1) is 9.01. The largest absolute Gasteiger partial charge is 0.444 e. The van der Waals surface area contributed by atoms with Crippen LogP contribution in [0.15, 0.2) is 6.20 Å². The van der Waals surface area contributed by atoms with Gasteiger partial charge in [0, 0.05) is 20.3 Å². The Morgan fingerprint density at radius 1 is 1.40 bits per heavy atom. The van der Waals surface area contributed by atoms with Gasteiger partial charge in [0.1, 0.15) is 11.1 Å². The standard InChI is InChI=1S/C14H23N3O3/c1-10-8-16(6)15-11(10)14(5,9-18)17(7)12(19)20-13(2,3)4/h8-9H,1-7H3. The minimum atomic E-state index is -1.16. The molecular weight excluding hydrogens is 258 g/mol. The number of likely N-dealkylation sites (N-methyl/N-ethyl adjacent to an activating group) is 1. The molecule has 0 bridgehead atoms. The van der Waals surface area contributed by atoms with Crippen LogP contribution in [0, 0.1) is 6.92 Å². The molecule has 6 heteroatoms. The molecule has 112 valence electrons. The maximum absolute atomic E-state index is 12.2. The Balaban J connectivity index is 3.14. The van der Waals surface area contributed by atoms with E-state index in [1.54, 1.807) is 45.6 Å². The number of ether oxygens (including phenoxy) is 1. The first-order valence-electron chi connectivity index (χ1n) is 6.45. The number of hydrogen-bond acceptors (Lipinski definition) is 4. The van der Waals surface area contributed by atoms with Gasteiger partial charge in [0.05, 0.1) is 5.69 Å². The smallest absolute Gasteiger partial charge is 0.411 e. The van der Waals surface area contributed by atoms with Crippen LogP contribution in [-0.2, 0) is 22.1 Å². The number of aromatic nitrogens is 2. The summed E-state index contributed by atoms with van der Waals surface area (Å²) >= 11 is 0. The molecule has 1 aromatic heterocycles. The van der Waals surface area contributed by atoms with Gasteiger partial charge < -0.3 is 9.53 Å². The quantitative estimate of drug-likeness (QED) is 0.795. The van der Waals surface area contributed by atoms with E-state index in [1.807, 2.05) is 6.92 Å². The molecule has 1 amide bonds. The number of aryl methyl sites for hydroxylation is 2. The summed E-state index contributed by atoms with van der Waals surface area (Å²) in [6.07, 6.45) is 1.96. The molecule has 0 fully saturated rings. The highest BCUT2D eigenvalue weighted by Crippen LogP contribution is 2.27. The van der Waals surface area contributed by atoms with Gasteiger partial charge in [0.25, 0.3) is 0 Å². The van der Waals surface area contributed by atoms with E-state index < -0.39 is 17.2 Å². The predicted molar refractivity (Wildman–Crippen MR) is 75.4 cm³/mol. The zero-order valence-corrected chi connectivity index (χ0v) is 13.2. The third-order valence-corrected chi connectivity index (χ3v) is 3.08. The topological polar surface area (TPSA) is 64.4 Å². The van der Waals surface area contributed by atoms with Gasteiger partial charge in [-0.05, 0) is 40.2 Å². The predicted octanol–water partition coefficient (Wildman–Crippen LogP) is 2.01. The van der Waals surface area contributed by atoms with Crippen LogP contribution in [0.25, 0.3) is 0 Å². The molecule has 1 unspecified atom stereocenters. The molecule has 20 heavy (non-hydrogen) atoms. The Labute approximate surface area is 119 Å². The van der Waals surface area contributed by atoms with Gasteiger partial charge >= 0.3 is 6.09 Å². The van der Waals surface area contributed by atoms with Crippen molar-refractivity contribution in [3.63, 3.8) is 0 Å². The lowest BCUT2D eigenvalue weighted by molar-refractivity contribution is -0.117. The minimum absolute atomic E-state index is 0.545. The van der Waals surface area contributed by atoms with Gasteiger partial charge in [0.15, 0.2) is 6.29 Å². The minimum Gasteiger partial charge on any atom is -0.444 e. The molecule has 1 rings (SSSR count). The highest BCUT2D eigenvalue weighted by atomic mass is 16.6. The molecule has 0 aliphatic carbocycles. The lowest BCUT2D eigenvalue weighted by Gasteiger charge is -2.34. The second-order valence-electron chi connectivity index (χ2n) is 6.14. The summed E-state index contributed by atoms with van der Waals surface area (Å²) in [7, 11) is 3.31. The molecule has 6 nitrogen and oxygen atoms in total. The highest BCUT2D eigenvalue weighted by Gasteiger charge is 2.39. The van der Waals surface area contributed by atoms with Gasteiger partial charge in [0.2, 0.25) is 0 Å². The summed E-state index contributed by atoms with van der Waals surface area (Å²) in [5.74, 6) is 0. The van der Waals surface area contributed by atoms with Crippen LogP contribution >= 0.6 is 0 Å². The van der Waals surface area contributed by atoms with Crippen molar-refractivity contribution >= 4 is 12.4 Å². The van der Waals surface area contributed by atoms with E-state index >= 15 is 0 Å². The SMILES string of the molecule is Cc1cn(C)nc1C(C)(C=O)N(C)C(=O)OC(C)(C)C. The summed E-state index contributed by atoms with van der Waals surface area (Å²) in [5.41, 5.74) is -0.386. The van der Waals surface area contributed by atoms with Gasteiger partial charge in [-0.3, -0.25) is 9.58 Å². The van der Waals surface area contributed by atoms with Crippen LogP contribution in [-0.4, -0.2) is 39.7 Å². The first kappa shape index (κ1) is 16.2. The van der Waals surface area contributed by atoms with E-state index in [0.29, 0.717) is 12.0 Å². The molecule has 0 aliphatic heterocycles. The third-order valence-electron chi connectivity index (χ3n) is 3.08. The van der Waals surface area contributed by atoms with Crippen LogP contribution in [0.2, 0.25) is 0 Å². The summed E-state index contributed by atoms with van der Waals surface area (Å²) in [4.78, 5) is 25.0. The maximum Gasteiger partial charge on any atom is 0.411 e. The summed E-state index contributed by atoms with van der Waals surface area (Å²) in [6.45, 7) is 8.85. The number of amides is 1. The third kappa shape index (κ3) is 3.18. The fourth-order valence-corrected chi connectivity index (χ4v) is 1.92. The fraction of sp³-hybridized carbons (Fsp3) is 0.643. The van der Waals surface area contributed by atoms with Crippen molar-refractivity contribution in [1.82, 2.24) is 14.7 Å². The Morgan fingerprint density at radius 2 is 1.95 bits per heavy atom. The molecule has 0 radical (unpaired) electrons. The zero-order chi connectivity index (χ0) is 15.7. The van der Waals surface area contributed by atoms with E-state index in [-0.39, 0.29) is 0 Å². The van der Waals surface area contributed by atoms with Crippen molar-refractivity contribution in [3.05, 3.63) is 17.5 Å². The molecule has 0 aliphatic rings. The van der Waals surface area contributed by atoms with Crippen LogP contribution in [0.5, 0.6) is 0 Å². The van der Waals surface area contributed by atoms with Crippen molar-refractivity contribution in [2.24, 2.45) is 7.05 Å². The van der Waals surface area contributed by atoms with Crippen molar-refractivity contribution in [3.8, 4) is 0 Å². The van der Waals surface area contributed by atoms with Gasteiger partial charge in [-0.2, -0.15) is 5.10 Å². The van der Waals surface area contributed by atoms with Gasteiger partial charge in [-0.15, -0.1) is 0 Å². The van der Waals surface area contributed by atoms with Crippen LogP contribution in [0.3, 0.4) is 0 Å². The summed E-state index contributed by atoms with van der Waals surface area (Å²) < 4.78 is 6.93. The molecule has 0 saturated carbocycles. The monoisotopic (exact) mass is 281 g/mol. The fourth-order valence-electron chi connectivity index (χ4n) is 1.92. The number of nitrogens with zero attached hydrogens (tertiary/aromatic N) is 3. The second-order valence-corrected chi connectivity index (χ2v) is 6.14. The molecule has 1 atom stereocenters. The van der Waals surface area contributed by atoms with Crippen molar-refractivity contribution < 1.29 is 14.3 Å². The maximum atomic E-state index is 12.2. The van der Waals surface area contributed by atoms with Gasteiger partial charge in [-0.1, -0.05) is 0 Å². The molecule has 0 N–H and O–H groups in total. The molecule has 0 saturated heterocycles. The van der Waals surface area contributed by atoms with E-state index in [0.717, 1.165) is 5.56 Å². The number of carbonyl (C=O) groups excluding carboxylic acids is 2. The molecule has 1 aromatic rings. The second kappa shape index (κ2) is 5.26. The van der Waals surface area contributed by atoms with E-state index in [9.17, 15) is 9.59 Å². The average molecular weight is 281 g/mol. The lowest BCUT2D eigenvalue weighted by Crippen LogP contribution is -2.48. The van der Waals surface area contributed by atoms with E-state index in [1.165, 1.54) is 11.9 Å². The number of aldehydes is 1. The zero-order valence-electron chi connectivity index (χ0n) is 13.2. The molecular formula is C14H23N3O3. The average Bonchev–Trinajstić information content (AvgIpc) is 2.64. The Kier molecular flexibility index (Phi) is 4.27. The van der Waals surface area contributed by atoms with Crippen LogP contribution in [0.4, 0.5) is 4.79 Å². The Bertz CT molecular complexity index is 516. The Morgan fingerprint density at radius 3 is 2.30 bits per heavy atom. The van der Waals surface area contributed by atoms with E-state index in [4.69, 9.17) is 4.74 Å². The van der Waals surface area contributed by atoms with Crippen molar-refractivity contribution in [1.29, 1.82) is 0 Å². The van der Waals surface area contributed by atoms with Crippen LogP contribution in [0.1, 0.15) is 39.0 Å². The molecule has 0 aromatic carbocycles. The lowest BCUT2D eigenvalue weighted by atomic mass is 9.95. The molecule has 0 spiro atoms. The van der Waals surface area contributed by atoms with Gasteiger partial charge in [-0.25, -0.2) is 4.79 Å². The highest BCUT2D eigenvalue weighted by molar-refractivity contribution is 5.77. The first-order valence-corrected chi connectivity index (χ1v) is 6.45.